The summed E-state index contributed by atoms with van der Waals surface area (Å²) >= 11 is 0. The van der Waals surface area contributed by atoms with Gasteiger partial charge in [-0.05, 0) is 22.3 Å². The smallest absolute Gasteiger partial charge is 0.407 e. The number of hydrogen-bond donors (Lipinski definition) is 4. The molecular weight excluding hydrogens is 446 g/mol. The van der Waals surface area contributed by atoms with Gasteiger partial charge in [0, 0.05) is 13.0 Å². The molecule has 182 valence electrons. The number of aliphatic hydroxyl groups excluding tert-OH is 1. The number of benzene rings is 3. The van der Waals surface area contributed by atoms with Crippen LogP contribution >= 0.6 is 0 Å². The summed E-state index contributed by atoms with van der Waals surface area (Å²) < 4.78 is 5.06. The second kappa shape index (κ2) is 12.9. The number of ether oxygens (including phenoxy) is 1. The predicted octanol–water partition coefficient (Wildman–Crippen LogP) is 2.54. The van der Waals surface area contributed by atoms with E-state index in [1.807, 2.05) is 84.9 Å². The summed E-state index contributed by atoms with van der Waals surface area (Å²) in [6.45, 7) is -0.0842. The maximum absolute atomic E-state index is 12.3. The van der Waals surface area contributed by atoms with Gasteiger partial charge in [0.2, 0.25) is 11.8 Å². The molecule has 0 aromatic heterocycles. The lowest BCUT2D eigenvalue weighted by Gasteiger charge is -2.17. The highest BCUT2D eigenvalue weighted by atomic mass is 16.5. The molecule has 0 bridgehead atoms. The number of rotatable bonds is 11. The van der Waals surface area contributed by atoms with Gasteiger partial charge in [-0.3, -0.25) is 9.59 Å². The Labute approximate surface area is 204 Å². The molecule has 5 N–H and O–H groups in total. The lowest BCUT2D eigenvalue weighted by molar-refractivity contribution is -0.128. The van der Waals surface area contributed by atoms with E-state index in [1.54, 1.807) is 0 Å². The first-order valence-corrected chi connectivity index (χ1v) is 11.3. The Bertz CT molecular complexity index is 1100. The molecule has 0 fully saturated rings. The van der Waals surface area contributed by atoms with Crippen LogP contribution in [0.4, 0.5) is 4.79 Å². The van der Waals surface area contributed by atoms with Gasteiger partial charge in [-0.15, -0.1) is 0 Å². The van der Waals surface area contributed by atoms with Crippen LogP contribution in [0.1, 0.15) is 17.5 Å². The van der Waals surface area contributed by atoms with E-state index < -0.39 is 30.1 Å². The minimum Gasteiger partial charge on any atom is -0.445 e. The number of hydrogen-bond acceptors (Lipinski definition) is 5. The second-order valence-electron chi connectivity index (χ2n) is 8.09. The molecule has 2 atom stereocenters. The maximum Gasteiger partial charge on any atom is 0.407 e. The fourth-order valence-corrected chi connectivity index (χ4v) is 3.44. The molecule has 0 saturated heterocycles. The van der Waals surface area contributed by atoms with Crippen molar-refractivity contribution < 1.29 is 24.2 Å². The van der Waals surface area contributed by atoms with E-state index in [1.165, 1.54) is 0 Å². The Balaban J connectivity index is 1.43. The monoisotopic (exact) mass is 475 g/mol. The summed E-state index contributed by atoms with van der Waals surface area (Å²) in [5.74, 6) is -1.23. The van der Waals surface area contributed by atoms with E-state index >= 15 is 0 Å². The summed E-state index contributed by atoms with van der Waals surface area (Å²) in [7, 11) is 0. The number of carbonyl (C=O) groups is 3. The first-order valence-electron chi connectivity index (χ1n) is 11.3. The molecule has 0 aliphatic heterocycles. The van der Waals surface area contributed by atoms with Gasteiger partial charge in [0.05, 0.1) is 12.5 Å². The zero-order valence-corrected chi connectivity index (χ0v) is 19.2. The third-order valence-electron chi connectivity index (χ3n) is 5.30. The average molecular weight is 476 g/mol. The summed E-state index contributed by atoms with van der Waals surface area (Å²) in [5, 5.41) is 15.1. The molecule has 3 aromatic carbocycles. The van der Waals surface area contributed by atoms with Gasteiger partial charge in [-0.1, -0.05) is 84.9 Å². The maximum atomic E-state index is 12.3. The molecule has 8 nitrogen and oxygen atoms in total. The van der Waals surface area contributed by atoms with E-state index in [0.29, 0.717) is 0 Å². The lowest BCUT2D eigenvalue weighted by atomic mass is 10.0. The van der Waals surface area contributed by atoms with Crippen molar-refractivity contribution in [3.05, 3.63) is 96.1 Å². The summed E-state index contributed by atoms with van der Waals surface area (Å²) in [5.41, 5.74) is 9.24. The Morgan fingerprint density at radius 1 is 0.829 bits per heavy atom. The largest absolute Gasteiger partial charge is 0.445 e. The number of carbonyl (C=O) groups excluding carboxylic acids is 3. The van der Waals surface area contributed by atoms with Gasteiger partial charge in [0.15, 0.2) is 0 Å². The van der Waals surface area contributed by atoms with E-state index in [2.05, 4.69) is 10.6 Å². The molecule has 0 aliphatic carbocycles. The molecule has 35 heavy (non-hydrogen) atoms. The van der Waals surface area contributed by atoms with Crippen LogP contribution in [0.25, 0.3) is 11.1 Å². The van der Waals surface area contributed by atoms with Gasteiger partial charge in [0.25, 0.3) is 0 Å². The first-order chi connectivity index (χ1) is 16.9. The second-order valence-corrected chi connectivity index (χ2v) is 8.09. The topological polar surface area (TPSA) is 131 Å². The van der Waals surface area contributed by atoms with Gasteiger partial charge in [0.1, 0.15) is 12.6 Å². The molecule has 3 aromatic rings. The van der Waals surface area contributed by atoms with Crippen molar-refractivity contribution in [2.24, 2.45) is 5.73 Å². The van der Waals surface area contributed by atoms with Gasteiger partial charge in [-0.25, -0.2) is 4.79 Å². The number of amides is 3. The zero-order valence-electron chi connectivity index (χ0n) is 19.2. The number of nitrogens with one attached hydrogen (secondary N) is 2. The molecule has 0 unspecified atom stereocenters. The first kappa shape index (κ1) is 25.5. The Morgan fingerprint density at radius 3 is 2.06 bits per heavy atom. The molecule has 0 heterocycles. The Hall–Kier alpha value is -4.17. The number of nitrogens with two attached hydrogens (primary N) is 1. The van der Waals surface area contributed by atoms with Crippen molar-refractivity contribution in [1.29, 1.82) is 0 Å². The van der Waals surface area contributed by atoms with Crippen molar-refractivity contribution in [3.8, 4) is 11.1 Å². The third kappa shape index (κ3) is 8.60. The normalized spacial score (nSPS) is 12.3. The lowest BCUT2D eigenvalue weighted by Crippen LogP contribution is -2.47. The van der Waals surface area contributed by atoms with Crippen molar-refractivity contribution >= 4 is 17.9 Å². The number of aliphatic hydroxyl groups is 1. The molecule has 0 spiro atoms. The fraction of sp³-hybridized carbons (Fsp3) is 0.222. The Morgan fingerprint density at radius 2 is 1.43 bits per heavy atom. The van der Waals surface area contributed by atoms with Gasteiger partial charge in [-0.2, -0.15) is 0 Å². The van der Waals surface area contributed by atoms with Gasteiger partial charge < -0.3 is 26.2 Å². The standard InChI is InChI=1S/C27H29N3O5/c28-26(33)24(15-19-11-13-22(14-12-19)21-9-5-2-6-10-21)30-25(32)16-23(31)17-29-27(34)35-18-20-7-3-1-4-8-20/h1-14,23-24,31H,15-18H2,(H2,28,33)(H,29,34)(H,30,32)/t23-,24-/m1/s1. The highest BCUT2D eigenvalue weighted by Crippen LogP contribution is 2.19. The fourth-order valence-electron chi connectivity index (χ4n) is 3.44. The Kier molecular flexibility index (Phi) is 9.39. The highest BCUT2D eigenvalue weighted by molar-refractivity contribution is 5.87. The van der Waals surface area contributed by atoms with E-state index in [4.69, 9.17) is 10.5 Å². The van der Waals surface area contributed by atoms with Crippen LogP contribution in [0.2, 0.25) is 0 Å². The van der Waals surface area contributed by atoms with Crippen LogP contribution in [0.3, 0.4) is 0 Å². The summed E-state index contributed by atoms with van der Waals surface area (Å²) in [6.07, 6.45) is -1.95. The number of alkyl carbamates (subject to hydrolysis) is 1. The molecule has 8 heteroatoms. The van der Waals surface area contributed by atoms with Gasteiger partial charge >= 0.3 is 6.09 Å². The van der Waals surface area contributed by atoms with Crippen LogP contribution < -0.4 is 16.4 Å². The molecular formula is C27H29N3O5. The summed E-state index contributed by atoms with van der Waals surface area (Å²) in [4.78, 5) is 36.0. The molecule has 0 saturated carbocycles. The van der Waals surface area contributed by atoms with Crippen molar-refractivity contribution in [2.75, 3.05) is 6.54 Å². The van der Waals surface area contributed by atoms with Crippen molar-refractivity contribution in [3.63, 3.8) is 0 Å². The minimum absolute atomic E-state index is 0.0931. The quantitative estimate of drug-likeness (QED) is 0.339. The minimum atomic E-state index is -1.15. The highest BCUT2D eigenvalue weighted by Gasteiger charge is 2.21. The van der Waals surface area contributed by atoms with E-state index in [-0.39, 0.29) is 26.0 Å². The van der Waals surface area contributed by atoms with E-state index in [0.717, 1.165) is 22.3 Å². The van der Waals surface area contributed by atoms with Crippen LogP contribution in [0, 0.1) is 0 Å². The number of primary amides is 1. The van der Waals surface area contributed by atoms with Crippen LogP contribution in [0.15, 0.2) is 84.9 Å². The van der Waals surface area contributed by atoms with Crippen LogP contribution in [0.5, 0.6) is 0 Å². The predicted molar refractivity (Wildman–Crippen MR) is 132 cm³/mol. The SMILES string of the molecule is NC(=O)[C@@H](Cc1ccc(-c2ccccc2)cc1)NC(=O)C[C@@H](O)CNC(=O)OCc1ccccc1. The molecule has 3 rings (SSSR count). The molecule has 0 aliphatic rings. The average Bonchev–Trinajstić information content (AvgIpc) is 2.87. The third-order valence-corrected chi connectivity index (χ3v) is 5.30. The zero-order chi connectivity index (χ0) is 25.0. The van der Waals surface area contributed by atoms with Crippen LogP contribution in [-0.2, 0) is 27.4 Å². The van der Waals surface area contributed by atoms with Crippen molar-refractivity contribution in [1.82, 2.24) is 10.6 Å². The van der Waals surface area contributed by atoms with E-state index in [9.17, 15) is 19.5 Å². The summed E-state index contributed by atoms with van der Waals surface area (Å²) in [6, 6.07) is 25.7. The molecule has 0 radical (unpaired) electrons. The molecule has 3 amide bonds. The van der Waals surface area contributed by atoms with Crippen LogP contribution in [-0.4, -0.2) is 41.7 Å². The van der Waals surface area contributed by atoms with Crippen molar-refractivity contribution in [2.45, 2.75) is 31.6 Å².